The quantitative estimate of drug-likeness (QED) is 0.947. The van der Waals surface area contributed by atoms with E-state index in [0.29, 0.717) is 17.1 Å². The van der Waals surface area contributed by atoms with Crippen molar-refractivity contribution >= 4 is 17.4 Å². The zero-order chi connectivity index (χ0) is 16.4. The highest BCUT2D eigenvalue weighted by atomic mass is 19.1. The standard InChI is InChI=1S/C17H16FN3O2/c1-11-6-7-15(19-10-11)20-16(22)17(2)9-14(21-23-17)12-4-3-5-13(18)8-12/h3-8,10H,9H2,1-2H3,(H,19,20,22). The minimum Gasteiger partial charge on any atom is -0.379 e. The Bertz CT molecular complexity index is 774. The lowest BCUT2D eigenvalue weighted by molar-refractivity contribution is -0.135. The molecule has 1 unspecified atom stereocenters. The third-order valence-corrected chi connectivity index (χ3v) is 3.65. The first kappa shape index (κ1) is 15.1. The molecule has 1 aliphatic heterocycles. The molecule has 0 saturated carbocycles. The summed E-state index contributed by atoms with van der Waals surface area (Å²) in [6.45, 7) is 3.56. The van der Waals surface area contributed by atoms with Crippen LogP contribution in [-0.4, -0.2) is 22.2 Å². The van der Waals surface area contributed by atoms with Crippen molar-refractivity contribution in [1.29, 1.82) is 0 Å². The number of carbonyl (C=O) groups is 1. The SMILES string of the molecule is Cc1ccc(NC(=O)C2(C)CC(c3cccc(F)c3)=NO2)nc1. The summed E-state index contributed by atoms with van der Waals surface area (Å²) in [5, 5.41) is 6.66. The summed E-state index contributed by atoms with van der Waals surface area (Å²) < 4.78 is 13.3. The molecule has 1 aromatic carbocycles. The molecule has 1 aromatic heterocycles. The lowest BCUT2D eigenvalue weighted by atomic mass is 9.95. The Morgan fingerprint density at radius 2 is 2.17 bits per heavy atom. The summed E-state index contributed by atoms with van der Waals surface area (Å²) in [7, 11) is 0. The molecule has 118 valence electrons. The highest BCUT2D eigenvalue weighted by molar-refractivity contribution is 6.07. The predicted molar refractivity (Wildman–Crippen MR) is 84.6 cm³/mol. The van der Waals surface area contributed by atoms with Crippen molar-refractivity contribution in [1.82, 2.24) is 4.98 Å². The minimum absolute atomic E-state index is 0.258. The summed E-state index contributed by atoms with van der Waals surface area (Å²) in [5.74, 6) is -0.249. The summed E-state index contributed by atoms with van der Waals surface area (Å²) in [6, 6.07) is 9.63. The van der Waals surface area contributed by atoms with E-state index in [0.717, 1.165) is 5.56 Å². The lowest BCUT2D eigenvalue weighted by Gasteiger charge is -2.20. The van der Waals surface area contributed by atoms with Crippen LogP contribution in [0.15, 0.2) is 47.8 Å². The fraction of sp³-hybridized carbons (Fsp3) is 0.235. The van der Waals surface area contributed by atoms with Crippen molar-refractivity contribution in [2.75, 3.05) is 5.32 Å². The fourth-order valence-electron chi connectivity index (χ4n) is 2.27. The van der Waals surface area contributed by atoms with E-state index < -0.39 is 5.60 Å². The number of nitrogens with one attached hydrogen (secondary N) is 1. The number of hydrogen-bond donors (Lipinski definition) is 1. The van der Waals surface area contributed by atoms with E-state index >= 15 is 0 Å². The number of nitrogens with zero attached hydrogens (tertiary/aromatic N) is 2. The van der Waals surface area contributed by atoms with E-state index in [-0.39, 0.29) is 18.1 Å². The van der Waals surface area contributed by atoms with Crippen molar-refractivity contribution in [2.45, 2.75) is 25.9 Å². The van der Waals surface area contributed by atoms with Gasteiger partial charge < -0.3 is 10.2 Å². The van der Waals surface area contributed by atoms with Crippen molar-refractivity contribution in [3.63, 3.8) is 0 Å². The average Bonchev–Trinajstić information content (AvgIpc) is 2.93. The van der Waals surface area contributed by atoms with Gasteiger partial charge >= 0.3 is 0 Å². The van der Waals surface area contributed by atoms with E-state index in [1.54, 1.807) is 31.3 Å². The molecule has 0 aliphatic carbocycles. The van der Waals surface area contributed by atoms with Crippen LogP contribution in [0.1, 0.15) is 24.5 Å². The van der Waals surface area contributed by atoms with Crippen LogP contribution in [0.3, 0.4) is 0 Å². The first-order chi connectivity index (χ1) is 11.0. The predicted octanol–water partition coefficient (Wildman–Crippen LogP) is 3.05. The van der Waals surface area contributed by atoms with Gasteiger partial charge in [-0.05, 0) is 37.6 Å². The number of anilines is 1. The topological polar surface area (TPSA) is 63.6 Å². The van der Waals surface area contributed by atoms with Crippen LogP contribution in [0.4, 0.5) is 10.2 Å². The normalized spacial score (nSPS) is 19.9. The molecule has 0 saturated heterocycles. The van der Waals surface area contributed by atoms with E-state index in [1.807, 2.05) is 13.0 Å². The van der Waals surface area contributed by atoms with Gasteiger partial charge in [0.05, 0.1) is 5.71 Å². The van der Waals surface area contributed by atoms with Gasteiger partial charge in [0, 0.05) is 18.2 Å². The fourth-order valence-corrected chi connectivity index (χ4v) is 2.27. The third-order valence-electron chi connectivity index (χ3n) is 3.65. The van der Waals surface area contributed by atoms with Gasteiger partial charge in [-0.2, -0.15) is 0 Å². The maximum atomic E-state index is 13.3. The number of carbonyl (C=O) groups excluding carboxylic acids is 1. The van der Waals surface area contributed by atoms with Crippen molar-refractivity contribution < 1.29 is 14.0 Å². The molecule has 1 N–H and O–H groups in total. The molecule has 0 radical (unpaired) electrons. The first-order valence-electron chi connectivity index (χ1n) is 7.21. The molecule has 1 amide bonds. The molecule has 3 rings (SSSR count). The Kier molecular flexibility index (Phi) is 3.82. The van der Waals surface area contributed by atoms with Crippen molar-refractivity contribution in [3.8, 4) is 0 Å². The van der Waals surface area contributed by atoms with E-state index in [1.165, 1.54) is 12.1 Å². The van der Waals surface area contributed by atoms with Crippen LogP contribution in [0.5, 0.6) is 0 Å². The zero-order valence-corrected chi connectivity index (χ0v) is 12.8. The van der Waals surface area contributed by atoms with Crippen LogP contribution >= 0.6 is 0 Å². The number of rotatable bonds is 3. The number of halogens is 1. The Morgan fingerprint density at radius 1 is 1.35 bits per heavy atom. The summed E-state index contributed by atoms with van der Waals surface area (Å²) >= 11 is 0. The molecular weight excluding hydrogens is 297 g/mol. The number of aryl methyl sites for hydroxylation is 1. The number of oxime groups is 1. The van der Waals surface area contributed by atoms with Gasteiger partial charge in [-0.3, -0.25) is 4.79 Å². The summed E-state index contributed by atoms with van der Waals surface area (Å²) in [4.78, 5) is 21.9. The van der Waals surface area contributed by atoms with Crippen molar-refractivity contribution in [3.05, 3.63) is 59.5 Å². The van der Waals surface area contributed by atoms with Crippen molar-refractivity contribution in [2.24, 2.45) is 5.16 Å². The molecule has 0 bridgehead atoms. The van der Waals surface area contributed by atoms with Gasteiger partial charge in [0.25, 0.3) is 5.91 Å². The highest BCUT2D eigenvalue weighted by Gasteiger charge is 2.42. The van der Waals surface area contributed by atoms with Gasteiger partial charge in [-0.15, -0.1) is 0 Å². The van der Waals surface area contributed by atoms with Gasteiger partial charge in [-0.25, -0.2) is 9.37 Å². The van der Waals surface area contributed by atoms with Crippen LogP contribution < -0.4 is 5.32 Å². The van der Waals surface area contributed by atoms with Crippen LogP contribution in [0.2, 0.25) is 0 Å². The molecule has 0 spiro atoms. The summed E-state index contributed by atoms with van der Waals surface area (Å²) in [6.07, 6.45) is 1.93. The van der Waals surface area contributed by atoms with E-state index in [4.69, 9.17) is 4.84 Å². The zero-order valence-electron chi connectivity index (χ0n) is 12.8. The molecular formula is C17H16FN3O2. The second-order valence-corrected chi connectivity index (χ2v) is 5.72. The molecule has 6 heteroatoms. The van der Waals surface area contributed by atoms with Crippen LogP contribution in [0.25, 0.3) is 0 Å². The molecule has 1 atom stereocenters. The molecule has 2 aromatic rings. The molecule has 23 heavy (non-hydrogen) atoms. The van der Waals surface area contributed by atoms with E-state index in [9.17, 15) is 9.18 Å². The Morgan fingerprint density at radius 3 is 2.87 bits per heavy atom. The van der Waals surface area contributed by atoms with Gasteiger partial charge in [0.15, 0.2) is 0 Å². The highest BCUT2D eigenvalue weighted by Crippen LogP contribution is 2.28. The first-order valence-corrected chi connectivity index (χ1v) is 7.21. The van der Waals surface area contributed by atoms with Crippen LogP contribution in [-0.2, 0) is 9.63 Å². The molecule has 1 aliphatic rings. The van der Waals surface area contributed by atoms with Crippen LogP contribution in [0, 0.1) is 12.7 Å². The maximum absolute atomic E-state index is 13.3. The number of pyridine rings is 1. The molecule has 5 nitrogen and oxygen atoms in total. The molecule has 0 fully saturated rings. The molecule has 2 heterocycles. The summed E-state index contributed by atoms with van der Waals surface area (Å²) in [5.41, 5.74) is 1.01. The lowest BCUT2D eigenvalue weighted by Crippen LogP contribution is -2.40. The Balaban J connectivity index is 1.71. The van der Waals surface area contributed by atoms with Gasteiger partial charge in [0.2, 0.25) is 5.60 Å². The maximum Gasteiger partial charge on any atom is 0.272 e. The smallest absolute Gasteiger partial charge is 0.272 e. The monoisotopic (exact) mass is 313 g/mol. The Hall–Kier alpha value is -2.76. The number of hydrogen-bond acceptors (Lipinski definition) is 4. The third kappa shape index (κ3) is 3.21. The average molecular weight is 313 g/mol. The number of benzene rings is 1. The largest absolute Gasteiger partial charge is 0.379 e. The van der Waals surface area contributed by atoms with Gasteiger partial charge in [-0.1, -0.05) is 23.4 Å². The Labute approximate surface area is 133 Å². The minimum atomic E-state index is -1.14. The second-order valence-electron chi connectivity index (χ2n) is 5.72. The van der Waals surface area contributed by atoms with E-state index in [2.05, 4.69) is 15.5 Å². The second kappa shape index (κ2) is 5.79. The van der Waals surface area contributed by atoms with Gasteiger partial charge in [0.1, 0.15) is 11.6 Å². The number of amides is 1. The number of aromatic nitrogens is 1.